The van der Waals surface area contributed by atoms with Gasteiger partial charge in [-0.15, -0.1) is 0 Å². The molecule has 7 nitrogen and oxygen atoms in total. The average molecular weight is 429 g/mol. The fraction of sp³-hybridized carbons (Fsp3) is 0.636. The highest BCUT2D eigenvalue weighted by Gasteiger charge is 2.26. The number of piperidine rings is 1. The summed E-state index contributed by atoms with van der Waals surface area (Å²) in [5.41, 5.74) is 3.08. The third-order valence-corrected chi connectivity index (χ3v) is 7.71. The lowest BCUT2D eigenvalue weighted by Crippen LogP contribution is -2.55. The zero-order chi connectivity index (χ0) is 20.3. The number of fused-ring (bicyclic) bond motifs is 1. The van der Waals surface area contributed by atoms with Crippen LogP contribution >= 0.6 is 11.5 Å². The van der Waals surface area contributed by atoms with Crippen LogP contribution in [0.2, 0.25) is 0 Å². The number of likely N-dealkylation sites (tertiary alicyclic amines) is 1. The monoisotopic (exact) mass is 428 g/mol. The van der Waals surface area contributed by atoms with Gasteiger partial charge in [-0.05, 0) is 61.8 Å². The van der Waals surface area contributed by atoms with Gasteiger partial charge in [0.1, 0.15) is 5.82 Å². The molecule has 3 fully saturated rings. The van der Waals surface area contributed by atoms with Crippen molar-refractivity contribution in [2.45, 2.75) is 25.7 Å². The van der Waals surface area contributed by atoms with Crippen LogP contribution < -0.4 is 10.3 Å². The Balaban J connectivity index is 1.02. The minimum absolute atomic E-state index is 0.0884. The van der Waals surface area contributed by atoms with Crippen LogP contribution in [0.1, 0.15) is 25.7 Å². The fourth-order valence-electron chi connectivity index (χ4n) is 4.71. The van der Waals surface area contributed by atoms with E-state index in [0.29, 0.717) is 0 Å². The zero-order valence-electron chi connectivity index (χ0n) is 17.6. The predicted octanol–water partition coefficient (Wildman–Crippen LogP) is 2.85. The first kappa shape index (κ1) is 20.0. The third kappa shape index (κ3) is 4.40. The van der Waals surface area contributed by atoms with E-state index in [4.69, 9.17) is 4.37 Å². The molecule has 5 rings (SSSR count). The third-order valence-electron chi connectivity index (χ3n) is 6.90. The molecule has 1 aromatic carbocycles. The minimum Gasteiger partial charge on any atom is -0.353 e. The van der Waals surface area contributed by atoms with Gasteiger partial charge in [0.25, 0.3) is 0 Å². The maximum atomic E-state index is 12.1. The molecule has 2 amide bonds. The van der Waals surface area contributed by atoms with E-state index < -0.39 is 0 Å². The van der Waals surface area contributed by atoms with Gasteiger partial charge in [0, 0.05) is 57.7 Å². The lowest BCUT2D eigenvalue weighted by Gasteiger charge is -2.38. The van der Waals surface area contributed by atoms with Crippen LogP contribution in [0, 0.1) is 5.92 Å². The number of urea groups is 1. The maximum absolute atomic E-state index is 12.1. The topological polar surface area (TPSA) is 55.0 Å². The van der Waals surface area contributed by atoms with Crippen LogP contribution in [-0.4, -0.2) is 84.1 Å². The molecular weight excluding hydrogens is 396 g/mol. The Morgan fingerprint density at radius 2 is 1.80 bits per heavy atom. The summed E-state index contributed by atoms with van der Waals surface area (Å²) in [6.07, 6.45) is 4.79. The lowest BCUT2D eigenvalue weighted by molar-refractivity contribution is 0.0955. The maximum Gasteiger partial charge on any atom is 0.331 e. The van der Waals surface area contributed by atoms with E-state index in [0.717, 1.165) is 64.7 Å². The molecule has 0 radical (unpaired) electrons. The van der Waals surface area contributed by atoms with Crippen LogP contribution in [-0.2, 0) is 0 Å². The van der Waals surface area contributed by atoms with Crippen LogP contribution in [0.4, 0.5) is 10.6 Å². The molecule has 8 heteroatoms. The molecule has 0 aliphatic carbocycles. The van der Waals surface area contributed by atoms with E-state index in [1.54, 1.807) is 11.5 Å². The van der Waals surface area contributed by atoms with Crippen molar-refractivity contribution in [1.29, 1.82) is 0 Å². The van der Waals surface area contributed by atoms with Crippen molar-refractivity contribution in [3.8, 4) is 0 Å². The highest BCUT2D eigenvalue weighted by molar-refractivity contribution is 7.13. The summed E-state index contributed by atoms with van der Waals surface area (Å²) in [6.45, 7) is 9.35. The molecule has 0 spiro atoms. The molecule has 3 aliphatic rings. The number of hydrogen-bond donors (Lipinski definition) is 1. The summed E-state index contributed by atoms with van der Waals surface area (Å²) in [7, 11) is 0. The van der Waals surface area contributed by atoms with Crippen molar-refractivity contribution >= 4 is 33.5 Å². The molecule has 0 unspecified atom stereocenters. The molecule has 3 saturated heterocycles. The number of benzene rings is 1. The molecule has 162 valence electrons. The largest absolute Gasteiger partial charge is 0.353 e. The fourth-order valence-corrected chi connectivity index (χ4v) is 5.50. The first-order chi connectivity index (χ1) is 14.8. The quantitative estimate of drug-likeness (QED) is 0.794. The highest BCUT2D eigenvalue weighted by Crippen LogP contribution is 2.30. The first-order valence-corrected chi connectivity index (χ1v) is 12.2. The number of carbonyl (C=O) groups is 1. The number of hydrazine groups is 1. The summed E-state index contributed by atoms with van der Waals surface area (Å²) in [5.74, 6) is 1.95. The Morgan fingerprint density at radius 3 is 2.53 bits per heavy atom. The van der Waals surface area contributed by atoms with E-state index in [9.17, 15) is 4.79 Å². The predicted molar refractivity (Wildman–Crippen MR) is 122 cm³/mol. The smallest absolute Gasteiger partial charge is 0.331 e. The Hall–Kier alpha value is -1.90. The van der Waals surface area contributed by atoms with Gasteiger partial charge < -0.3 is 9.80 Å². The SMILES string of the molecule is O=C(NN1CCC(CCN2CCN(c3nsc4ccccc34)CC2)CC1)N1CCC1. The number of nitrogens with zero attached hydrogens (tertiary/aromatic N) is 5. The van der Waals surface area contributed by atoms with E-state index in [2.05, 4.69) is 44.5 Å². The second kappa shape index (κ2) is 9.08. The second-order valence-electron chi connectivity index (χ2n) is 8.81. The number of amides is 2. The average Bonchev–Trinajstić information content (AvgIpc) is 3.16. The van der Waals surface area contributed by atoms with Crippen LogP contribution in [0.5, 0.6) is 0 Å². The molecule has 30 heavy (non-hydrogen) atoms. The summed E-state index contributed by atoms with van der Waals surface area (Å²) in [6, 6.07) is 8.64. The summed E-state index contributed by atoms with van der Waals surface area (Å²) in [5, 5.41) is 3.41. The molecule has 1 N–H and O–H groups in total. The van der Waals surface area contributed by atoms with Gasteiger partial charge in [-0.25, -0.2) is 9.80 Å². The van der Waals surface area contributed by atoms with Crippen molar-refractivity contribution < 1.29 is 4.79 Å². The van der Waals surface area contributed by atoms with Gasteiger partial charge in [-0.2, -0.15) is 4.37 Å². The van der Waals surface area contributed by atoms with Gasteiger partial charge in [0.05, 0.1) is 4.70 Å². The van der Waals surface area contributed by atoms with Gasteiger partial charge in [-0.1, -0.05) is 12.1 Å². The van der Waals surface area contributed by atoms with E-state index in [1.165, 1.54) is 41.7 Å². The highest BCUT2D eigenvalue weighted by atomic mass is 32.1. The summed E-state index contributed by atoms with van der Waals surface area (Å²) >= 11 is 1.61. The molecule has 4 heterocycles. The summed E-state index contributed by atoms with van der Waals surface area (Å²) < 4.78 is 6.00. The van der Waals surface area contributed by atoms with E-state index >= 15 is 0 Å². The normalized spacial score (nSPS) is 21.7. The number of hydrogen-bond acceptors (Lipinski definition) is 6. The van der Waals surface area contributed by atoms with E-state index in [1.807, 2.05) is 4.90 Å². The zero-order valence-corrected chi connectivity index (χ0v) is 18.4. The molecule has 1 aromatic heterocycles. The lowest BCUT2D eigenvalue weighted by atomic mass is 9.94. The Morgan fingerprint density at radius 1 is 1.03 bits per heavy atom. The van der Waals surface area contributed by atoms with Gasteiger partial charge >= 0.3 is 6.03 Å². The number of carbonyl (C=O) groups excluding carboxylic acids is 1. The number of anilines is 1. The van der Waals surface area contributed by atoms with Crippen LogP contribution in [0.25, 0.3) is 10.1 Å². The molecule has 0 bridgehead atoms. The number of rotatable bonds is 5. The van der Waals surface area contributed by atoms with Gasteiger partial charge in [0.15, 0.2) is 0 Å². The van der Waals surface area contributed by atoms with Crippen molar-refractivity contribution in [3.05, 3.63) is 24.3 Å². The molecule has 0 atom stereocenters. The van der Waals surface area contributed by atoms with E-state index in [-0.39, 0.29) is 6.03 Å². The molecule has 3 aliphatic heterocycles. The van der Waals surface area contributed by atoms with Crippen molar-refractivity contribution in [2.75, 3.05) is 63.8 Å². The standard InChI is InChI=1S/C22H32N6OS/c29-22(27-9-3-10-27)23-28-12-7-18(8-13-28)6-11-25-14-16-26(17-15-25)21-19-4-1-2-5-20(19)30-24-21/h1-2,4-5,18H,3,6-17H2,(H,23,29). The van der Waals surface area contributed by atoms with Crippen molar-refractivity contribution in [2.24, 2.45) is 5.92 Å². The second-order valence-corrected chi connectivity index (χ2v) is 9.61. The number of aromatic nitrogens is 1. The molecule has 0 saturated carbocycles. The number of piperazine rings is 1. The number of nitrogens with one attached hydrogen (secondary N) is 1. The molecular formula is C22H32N6OS. The van der Waals surface area contributed by atoms with Crippen molar-refractivity contribution in [3.63, 3.8) is 0 Å². The van der Waals surface area contributed by atoms with Crippen molar-refractivity contribution in [1.82, 2.24) is 24.6 Å². The minimum atomic E-state index is 0.0884. The first-order valence-electron chi connectivity index (χ1n) is 11.4. The van der Waals surface area contributed by atoms with Gasteiger partial charge in [-0.3, -0.25) is 10.3 Å². The van der Waals surface area contributed by atoms with Crippen LogP contribution in [0.3, 0.4) is 0 Å². The van der Waals surface area contributed by atoms with Gasteiger partial charge in [0.2, 0.25) is 0 Å². The molecule has 2 aromatic rings. The Labute approximate surface area is 182 Å². The Kier molecular flexibility index (Phi) is 6.06. The van der Waals surface area contributed by atoms with Crippen LogP contribution in [0.15, 0.2) is 24.3 Å². The Bertz CT molecular complexity index is 852. The summed E-state index contributed by atoms with van der Waals surface area (Å²) in [4.78, 5) is 19.0.